The van der Waals surface area contributed by atoms with Crippen LogP contribution in [0.4, 0.5) is 0 Å². The number of aromatic nitrogens is 2. The predicted molar refractivity (Wildman–Crippen MR) is 52.8 cm³/mol. The lowest BCUT2D eigenvalue weighted by Gasteiger charge is -2.36. The Morgan fingerprint density at radius 3 is 2.71 bits per heavy atom. The zero-order valence-electron chi connectivity index (χ0n) is 8.95. The molecule has 0 amide bonds. The maximum absolute atomic E-state index is 5.11. The molecule has 1 aliphatic carbocycles. The smallest absolute Gasteiger partial charge is 0.243 e. The van der Waals surface area contributed by atoms with Crippen LogP contribution in [0.3, 0.4) is 0 Å². The molecular formula is C10H17N3O. The zero-order valence-corrected chi connectivity index (χ0v) is 8.95. The van der Waals surface area contributed by atoms with E-state index in [0.29, 0.717) is 17.8 Å². The molecule has 0 aromatic carbocycles. The summed E-state index contributed by atoms with van der Waals surface area (Å²) >= 11 is 0. The van der Waals surface area contributed by atoms with Gasteiger partial charge in [0.1, 0.15) is 0 Å². The van der Waals surface area contributed by atoms with Gasteiger partial charge in [-0.05, 0) is 32.6 Å². The zero-order chi connectivity index (χ0) is 10.1. The molecule has 4 heteroatoms. The van der Waals surface area contributed by atoms with Crippen molar-refractivity contribution in [2.24, 2.45) is 5.92 Å². The number of nitrogens with zero attached hydrogens (tertiary/aromatic N) is 2. The summed E-state index contributed by atoms with van der Waals surface area (Å²) in [5, 5.41) is 7.28. The van der Waals surface area contributed by atoms with Crippen LogP contribution in [0.1, 0.15) is 44.4 Å². The molecule has 1 saturated carbocycles. The first kappa shape index (κ1) is 9.65. The summed E-state index contributed by atoms with van der Waals surface area (Å²) in [6.45, 7) is 6.18. The average molecular weight is 195 g/mol. The Labute approximate surface area is 84.1 Å². The van der Waals surface area contributed by atoms with Crippen LogP contribution in [-0.4, -0.2) is 16.2 Å². The highest BCUT2D eigenvalue weighted by Crippen LogP contribution is 2.28. The first-order valence-electron chi connectivity index (χ1n) is 5.23. The average Bonchev–Trinajstić information content (AvgIpc) is 2.58. The van der Waals surface area contributed by atoms with Crippen LogP contribution in [0.2, 0.25) is 0 Å². The first-order valence-corrected chi connectivity index (χ1v) is 5.23. The van der Waals surface area contributed by atoms with Gasteiger partial charge < -0.3 is 9.84 Å². The summed E-state index contributed by atoms with van der Waals surface area (Å²) < 4.78 is 5.11. The second kappa shape index (κ2) is 3.69. The standard InChI is InChI=1S/C10H17N3O/c1-6-4-5-9(6)11-7(2)10-12-8(3)13-14-10/h6-7,9,11H,4-5H2,1-3H3. The van der Waals surface area contributed by atoms with Crippen LogP contribution in [0, 0.1) is 12.8 Å². The fourth-order valence-corrected chi connectivity index (χ4v) is 1.80. The van der Waals surface area contributed by atoms with E-state index in [9.17, 15) is 0 Å². The van der Waals surface area contributed by atoms with Gasteiger partial charge in [-0.3, -0.25) is 0 Å². The van der Waals surface area contributed by atoms with E-state index in [1.165, 1.54) is 12.8 Å². The lowest BCUT2D eigenvalue weighted by molar-refractivity contribution is 0.199. The van der Waals surface area contributed by atoms with E-state index >= 15 is 0 Å². The molecule has 0 aliphatic heterocycles. The Hall–Kier alpha value is -0.900. The third-order valence-electron chi connectivity index (χ3n) is 3.00. The van der Waals surface area contributed by atoms with Crippen molar-refractivity contribution in [2.45, 2.75) is 45.7 Å². The molecule has 1 heterocycles. The summed E-state index contributed by atoms with van der Waals surface area (Å²) in [6.07, 6.45) is 2.59. The molecule has 1 aliphatic rings. The van der Waals surface area contributed by atoms with Gasteiger partial charge >= 0.3 is 0 Å². The van der Waals surface area contributed by atoms with Gasteiger partial charge in [-0.2, -0.15) is 4.98 Å². The van der Waals surface area contributed by atoms with Crippen molar-refractivity contribution in [3.8, 4) is 0 Å². The van der Waals surface area contributed by atoms with Gasteiger partial charge in [-0.25, -0.2) is 0 Å². The minimum atomic E-state index is 0.170. The highest BCUT2D eigenvalue weighted by Gasteiger charge is 2.29. The molecule has 1 aromatic rings. The molecule has 0 saturated heterocycles. The SMILES string of the molecule is Cc1noc(C(C)NC2CCC2C)n1. The van der Waals surface area contributed by atoms with Crippen LogP contribution in [-0.2, 0) is 0 Å². The van der Waals surface area contributed by atoms with Crippen molar-refractivity contribution in [3.63, 3.8) is 0 Å². The molecule has 1 N–H and O–H groups in total. The second-order valence-corrected chi connectivity index (χ2v) is 4.23. The van der Waals surface area contributed by atoms with Gasteiger partial charge in [0.25, 0.3) is 0 Å². The molecule has 0 radical (unpaired) electrons. The van der Waals surface area contributed by atoms with Crippen molar-refractivity contribution < 1.29 is 4.52 Å². The quantitative estimate of drug-likeness (QED) is 0.799. The summed E-state index contributed by atoms with van der Waals surface area (Å²) in [6, 6.07) is 0.793. The predicted octanol–water partition coefficient (Wildman–Crippen LogP) is 1.83. The van der Waals surface area contributed by atoms with Gasteiger partial charge in [-0.1, -0.05) is 12.1 Å². The van der Waals surface area contributed by atoms with Crippen molar-refractivity contribution in [1.29, 1.82) is 0 Å². The normalized spacial score (nSPS) is 28.5. The Kier molecular flexibility index (Phi) is 2.54. The number of hydrogen-bond acceptors (Lipinski definition) is 4. The second-order valence-electron chi connectivity index (χ2n) is 4.23. The Morgan fingerprint density at radius 2 is 2.29 bits per heavy atom. The van der Waals surface area contributed by atoms with Gasteiger partial charge in [0.2, 0.25) is 5.89 Å². The highest BCUT2D eigenvalue weighted by molar-refractivity contribution is 4.93. The summed E-state index contributed by atoms with van der Waals surface area (Å²) in [5.74, 6) is 2.18. The molecule has 14 heavy (non-hydrogen) atoms. The van der Waals surface area contributed by atoms with Crippen molar-refractivity contribution in [3.05, 3.63) is 11.7 Å². The third kappa shape index (κ3) is 1.80. The molecule has 3 unspecified atom stereocenters. The maximum atomic E-state index is 5.11. The minimum Gasteiger partial charge on any atom is -0.338 e. The fourth-order valence-electron chi connectivity index (χ4n) is 1.80. The lowest BCUT2D eigenvalue weighted by Crippen LogP contribution is -2.43. The van der Waals surface area contributed by atoms with E-state index in [4.69, 9.17) is 4.52 Å². The third-order valence-corrected chi connectivity index (χ3v) is 3.00. The van der Waals surface area contributed by atoms with E-state index in [2.05, 4.69) is 29.3 Å². The van der Waals surface area contributed by atoms with Crippen molar-refractivity contribution in [1.82, 2.24) is 15.5 Å². The van der Waals surface area contributed by atoms with Gasteiger partial charge in [0.05, 0.1) is 6.04 Å². The molecular weight excluding hydrogens is 178 g/mol. The van der Waals surface area contributed by atoms with Crippen LogP contribution in [0.15, 0.2) is 4.52 Å². The van der Waals surface area contributed by atoms with Gasteiger partial charge in [0.15, 0.2) is 5.82 Å². The van der Waals surface area contributed by atoms with Crippen LogP contribution >= 0.6 is 0 Å². The number of nitrogens with one attached hydrogen (secondary N) is 1. The van der Waals surface area contributed by atoms with E-state index < -0.39 is 0 Å². The molecule has 3 atom stereocenters. The van der Waals surface area contributed by atoms with Crippen molar-refractivity contribution >= 4 is 0 Å². The van der Waals surface area contributed by atoms with Gasteiger partial charge in [-0.15, -0.1) is 0 Å². The molecule has 0 bridgehead atoms. The number of hydrogen-bond donors (Lipinski definition) is 1. The molecule has 78 valence electrons. The first-order chi connectivity index (χ1) is 6.66. The molecule has 0 spiro atoms. The Morgan fingerprint density at radius 1 is 1.50 bits per heavy atom. The van der Waals surface area contributed by atoms with E-state index in [1.54, 1.807) is 0 Å². The maximum Gasteiger partial charge on any atom is 0.243 e. The molecule has 1 aromatic heterocycles. The summed E-state index contributed by atoms with van der Waals surface area (Å²) in [7, 11) is 0. The Balaban J connectivity index is 1.92. The number of aryl methyl sites for hydroxylation is 1. The molecule has 2 rings (SSSR count). The van der Waals surface area contributed by atoms with Crippen LogP contribution < -0.4 is 5.32 Å². The summed E-state index contributed by atoms with van der Waals surface area (Å²) in [4.78, 5) is 4.21. The Bertz CT molecular complexity index is 310. The fraction of sp³-hybridized carbons (Fsp3) is 0.800. The van der Waals surface area contributed by atoms with Gasteiger partial charge in [0, 0.05) is 6.04 Å². The largest absolute Gasteiger partial charge is 0.338 e. The van der Waals surface area contributed by atoms with E-state index in [1.807, 2.05) is 6.92 Å². The van der Waals surface area contributed by atoms with E-state index in [-0.39, 0.29) is 6.04 Å². The molecule has 1 fully saturated rings. The topological polar surface area (TPSA) is 51.0 Å². The monoisotopic (exact) mass is 195 g/mol. The van der Waals surface area contributed by atoms with Crippen LogP contribution in [0.25, 0.3) is 0 Å². The number of rotatable bonds is 3. The van der Waals surface area contributed by atoms with Crippen LogP contribution in [0.5, 0.6) is 0 Å². The van der Waals surface area contributed by atoms with E-state index in [0.717, 1.165) is 5.92 Å². The minimum absolute atomic E-state index is 0.170. The molecule has 4 nitrogen and oxygen atoms in total. The van der Waals surface area contributed by atoms with Crippen molar-refractivity contribution in [2.75, 3.05) is 0 Å². The highest BCUT2D eigenvalue weighted by atomic mass is 16.5. The lowest BCUT2D eigenvalue weighted by atomic mass is 9.81. The summed E-state index contributed by atoms with van der Waals surface area (Å²) in [5.41, 5.74) is 0.